The number of carbonyl (C=O) groups is 1. The van der Waals surface area contributed by atoms with Gasteiger partial charge in [0.15, 0.2) is 0 Å². The molecule has 2 N–H and O–H groups in total. The van der Waals surface area contributed by atoms with Crippen LogP contribution in [0.3, 0.4) is 0 Å². The molecule has 5 heteroatoms. The highest BCUT2D eigenvalue weighted by Crippen LogP contribution is 2.20. The first-order valence-electron chi connectivity index (χ1n) is 5.42. The van der Waals surface area contributed by atoms with Crippen molar-refractivity contribution in [3.05, 3.63) is 21.4 Å². The minimum atomic E-state index is -0.851. The van der Waals surface area contributed by atoms with Crippen LogP contribution >= 0.6 is 23.1 Å². The molecule has 0 saturated heterocycles. The number of amides is 1. The summed E-state index contributed by atoms with van der Waals surface area (Å²) >= 11 is 3.05. The van der Waals surface area contributed by atoms with Crippen LogP contribution in [-0.2, 0) is 0 Å². The fourth-order valence-corrected chi connectivity index (χ4v) is 3.08. The molecule has 0 aliphatic heterocycles. The van der Waals surface area contributed by atoms with Crippen LogP contribution in [0.15, 0.2) is 6.07 Å². The first-order chi connectivity index (χ1) is 7.85. The van der Waals surface area contributed by atoms with E-state index in [0.717, 1.165) is 10.4 Å². The Morgan fingerprint density at radius 1 is 1.59 bits per heavy atom. The van der Waals surface area contributed by atoms with E-state index in [0.29, 0.717) is 10.6 Å². The minimum Gasteiger partial charge on any atom is -0.387 e. The van der Waals surface area contributed by atoms with Crippen molar-refractivity contribution in [2.75, 3.05) is 18.6 Å². The predicted octanol–water partition coefficient (Wildman–Crippen LogP) is 2.21. The molecule has 1 atom stereocenters. The zero-order valence-electron chi connectivity index (χ0n) is 10.7. The predicted molar refractivity (Wildman–Crippen MR) is 75.1 cm³/mol. The van der Waals surface area contributed by atoms with E-state index in [1.54, 1.807) is 18.7 Å². The van der Waals surface area contributed by atoms with Gasteiger partial charge >= 0.3 is 0 Å². The van der Waals surface area contributed by atoms with Crippen LogP contribution in [-0.4, -0.2) is 35.2 Å². The SMILES string of the molecule is CSCC(C)(O)CNC(=O)c1cc(C)c(C)s1. The van der Waals surface area contributed by atoms with E-state index in [9.17, 15) is 9.90 Å². The van der Waals surface area contributed by atoms with Crippen molar-refractivity contribution in [3.63, 3.8) is 0 Å². The first kappa shape index (κ1) is 14.5. The van der Waals surface area contributed by atoms with Crippen LogP contribution in [0.5, 0.6) is 0 Å². The lowest BCUT2D eigenvalue weighted by molar-refractivity contribution is 0.0727. The quantitative estimate of drug-likeness (QED) is 0.865. The Kier molecular flexibility index (Phi) is 5.04. The van der Waals surface area contributed by atoms with Crippen molar-refractivity contribution < 1.29 is 9.90 Å². The van der Waals surface area contributed by atoms with Crippen LogP contribution < -0.4 is 5.32 Å². The molecule has 1 heterocycles. The number of aliphatic hydroxyl groups is 1. The average Bonchev–Trinajstić information content (AvgIpc) is 2.56. The molecule has 0 saturated carbocycles. The molecule has 0 aliphatic rings. The molecule has 0 spiro atoms. The molecule has 1 rings (SSSR count). The maximum Gasteiger partial charge on any atom is 0.261 e. The van der Waals surface area contributed by atoms with Crippen molar-refractivity contribution in [1.29, 1.82) is 0 Å². The van der Waals surface area contributed by atoms with E-state index in [1.165, 1.54) is 11.3 Å². The van der Waals surface area contributed by atoms with E-state index < -0.39 is 5.60 Å². The van der Waals surface area contributed by atoms with Crippen LogP contribution in [0.1, 0.15) is 27.0 Å². The fourth-order valence-electron chi connectivity index (χ4n) is 1.40. The van der Waals surface area contributed by atoms with Crippen molar-refractivity contribution in [2.24, 2.45) is 0 Å². The summed E-state index contributed by atoms with van der Waals surface area (Å²) in [6.45, 7) is 6.00. The van der Waals surface area contributed by atoms with Gasteiger partial charge in [0.05, 0.1) is 10.5 Å². The zero-order chi connectivity index (χ0) is 13.1. The van der Waals surface area contributed by atoms with Gasteiger partial charge in [0.1, 0.15) is 0 Å². The smallest absolute Gasteiger partial charge is 0.261 e. The third-order valence-electron chi connectivity index (χ3n) is 2.47. The Bertz CT molecular complexity index is 380. The largest absolute Gasteiger partial charge is 0.387 e. The summed E-state index contributed by atoms with van der Waals surface area (Å²) in [5.74, 6) is 0.503. The average molecular weight is 273 g/mol. The number of thioether (sulfide) groups is 1. The lowest BCUT2D eigenvalue weighted by Crippen LogP contribution is -2.42. The van der Waals surface area contributed by atoms with E-state index in [-0.39, 0.29) is 12.5 Å². The monoisotopic (exact) mass is 273 g/mol. The van der Waals surface area contributed by atoms with Crippen molar-refractivity contribution in [2.45, 2.75) is 26.4 Å². The maximum absolute atomic E-state index is 11.8. The second-order valence-electron chi connectivity index (χ2n) is 4.46. The van der Waals surface area contributed by atoms with E-state index in [4.69, 9.17) is 0 Å². The Labute approximate surface area is 111 Å². The summed E-state index contributed by atoms with van der Waals surface area (Å²) in [4.78, 5) is 13.7. The molecule has 3 nitrogen and oxygen atoms in total. The van der Waals surface area contributed by atoms with E-state index in [2.05, 4.69) is 5.32 Å². The molecule has 17 heavy (non-hydrogen) atoms. The van der Waals surface area contributed by atoms with Gasteiger partial charge in [-0.15, -0.1) is 11.3 Å². The molecular weight excluding hydrogens is 254 g/mol. The summed E-state index contributed by atoms with van der Waals surface area (Å²) in [7, 11) is 0. The third-order valence-corrected chi connectivity index (χ3v) is 4.54. The van der Waals surface area contributed by atoms with Gasteiger partial charge < -0.3 is 10.4 Å². The Hall–Kier alpha value is -0.520. The zero-order valence-corrected chi connectivity index (χ0v) is 12.3. The Morgan fingerprint density at radius 3 is 2.71 bits per heavy atom. The maximum atomic E-state index is 11.8. The fraction of sp³-hybridized carbons (Fsp3) is 0.583. The Balaban J connectivity index is 2.56. The molecule has 0 radical (unpaired) electrons. The highest BCUT2D eigenvalue weighted by molar-refractivity contribution is 7.98. The molecule has 0 aliphatic carbocycles. The molecule has 1 aromatic heterocycles. The van der Waals surface area contributed by atoms with Crippen LogP contribution in [0.2, 0.25) is 0 Å². The highest BCUT2D eigenvalue weighted by atomic mass is 32.2. The van der Waals surface area contributed by atoms with Gasteiger partial charge in [-0.25, -0.2) is 0 Å². The van der Waals surface area contributed by atoms with Crippen LogP contribution in [0.4, 0.5) is 0 Å². The van der Waals surface area contributed by atoms with Gasteiger partial charge in [0, 0.05) is 17.2 Å². The summed E-state index contributed by atoms with van der Waals surface area (Å²) < 4.78 is 0. The second-order valence-corrected chi connectivity index (χ2v) is 6.58. The van der Waals surface area contributed by atoms with Gasteiger partial charge in [-0.05, 0) is 38.7 Å². The van der Waals surface area contributed by atoms with Gasteiger partial charge in [-0.1, -0.05) is 0 Å². The number of rotatable bonds is 5. The van der Waals surface area contributed by atoms with Gasteiger partial charge in [0.25, 0.3) is 5.91 Å². The number of hydrogen-bond donors (Lipinski definition) is 2. The van der Waals surface area contributed by atoms with Crippen molar-refractivity contribution in [1.82, 2.24) is 5.32 Å². The lowest BCUT2D eigenvalue weighted by atomic mass is 10.1. The minimum absolute atomic E-state index is 0.104. The second kappa shape index (κ2) is 5.89. The molecule has 0 bridgehead atoms. The first-order valence-corrected chi connectivity index (χ1v) is 7.63. The molecule has 0 aromatic carbocycles. The van der Waals surface area contributed by atoms with E-state index >= 15 is 0 Å². The summed E-state index contributed by atoms with van der Waals surface area (Å²) in [6, 6.07) is 1.89. The standard InChI is InChI=1S/C12H19NO2S2/c1-8-5-10(17-9(8)2)11(14)13-6-12(3,15)7-16-4/h5,15H,6-7H2,1-4H3,(H,13,14). The van der Waals surface area contributed by atoms with Crippen LogP contribution in [0.25, 0.3) is 0 Å². The molecule has 0 fully saturated rings. The summed E-state index contributed by atoms with van der Waals surface area (Å²) in [5, 5.41) is 12.7. The summed E-state index contributed by atoms with van der Waals surface area (Å²) in [6.07, 6.45) is 1.93. The molecule has 1 unspecified atom stereocenters. The number of aryl methyl sites for hydroxylation is 2. The normalized spacial score (nSPS) is 14.4. The molecule has 1 amide bonds. The lowest BCUT2D eigenvalue weighted by Gasteiger charge is -2.22. The van der Waals surface area contributed by atoms with Crippen molar-refractivity contribution in [3.8, 4) is 0 Å². The van der Waals surface area contributed by atoms with Gasteiger partial charge in [-0.3, -0.25) is 4.79 Å². The van der Waals surface area contributed by atoms with Gasteiger partial charge in [-0.2, -0.15) is 11.8 Å². The topological polar surface area (TPSA) is 49.3 Å². The van der Waals surface area contributed by atoms with Crippen LogP contribution in [0, 0.1) is 13.8 Å². The summed E-state index contributed by atoms with van der Waals surface area (Å²) in [5.41, 5.74) is 0.284. The van der Waals surface area contributed by atoms with Gasteiger partial charge in [0.2, 0.25) is 0 Å². The Morgan fingerprint density at radius 2 is 2.24 bits per heavy atom. The molecule has 1 aromatic rings. The number of hydrogen-bond acceptors (Lipinski definition) is 4. The third kappa shape index (κ3) is 4.33. The van der Waals surface area contributed by atoms with E-state index in [1.807, 2.05) is 26.2 Å². The number of thiophene rings is 1. The highest BCUT2D eigenvalue weighted by Gasteiger charge is 2.21. The van der Waals surface area contributed by atoms with Crippen molar-refractivity contribution >= 4 is 29.0 Å². The molecule has 96 valence electrons. The number of carbonyl (C=O) groups excluding carboxylic acids is 1. The molecular formula is C12H19NO2S2. The number of nitrogens with one attached hydrogen (secondary N) is 1.